The van der Waals surface area contributed by atoms with Gasteiger partial charge in [0, 0.05) is 32.0 Å². The smallest absolute Gasteiger partial charge is 0.258 e. The largest absolute Gasteiger partial charge is 0.463 e. The summed E-state index contributed by atoms with van der Waals surface area (Å²) >= 11 is 0. The molecule has 2 N–H and O–H groups in total. The number of nitrogens with zero attached hydrogens (tertiary/aromatic N) is 5. The van der Waals surface area contributed by atoms with E-state index in [2.05, 4.69) is 30.5 Å². The lowest BCUT2D eigenvalue weighted by Gasteiger charge is -2.29. The van der Waals surface area contributed by atoms with Crippen LogP contribution in [0.1, 0.15) is 17.5 Å². The molecule has 0 aromatic carbocycles. The van der Waals surface area contributed by atoms with Crippen molar-refractivity contribution in [2.45, 2.75) is 13.0 Å². The molecule has 1 fully saturated rings. The van der Waals surface area contributed by atoms with E-state index in [0.29, 0.717) is 37.8 Å². The van der Waals surface area contributed by atoms with Gasteiger partial charge in [0.2, 0.25) is 11.8 Å². The van der Waals surface area contributed by atoms with Crippen LogP contribution in [-0.2, 0) is 9.47 Å². The number of halogens is 2. The van der Waals surface area contributed by atoms with Crippen molar-refractivity contribution in [2.24, 2.45) is 0 Å². The van der Waals surface area contributed by atoms with Gasteiger partial charge in [-0.05, 0) is 19.1 Å². The van der Waals surface area contributed by atoms with Crippen LogP contribution in [0.4, 0.5) is 26.4 Å². The zero-order valence-corrected chi connectivity index (χ0v) is 17.6. The van der Waals surface area contributed by atoms with Crippen LogP contribution in [0.25, 0.3) is 0 Å². The summed E-state index contributed by atoms with van der Waals surface area (Å²) < 4.78 is 45.2. The average Bonchev–Trinajstić information content (AvgIpc) is 3.21. The number of morpholine rings is 1. The number of rotatable bonds is 8. The Morgan fingerprint density at radius 1 is 1.25 bits per heavy atom. The summed E-state index contributed by atoms with van der Waals surface area (Å²) in [6, 6.07) is 4.46. The molecule has 1 saturated heterocycles. The van der Waals surface area contributed by atoms with Crippen LogP contribution in [0.15, 0.2) is 24.4 Å². The Labute approximate surface area is 182 Å². The highest BCUT2D eigenvalue weighted by molar-refractivity contribution is 5.54. The molecule has 1 atom stereocenters. The summed E-state index contributed by atoms with van der Waals surface area (Å²) in [5, 5.41) is 9.87. The van der Waals surface area contributed by atoms with Gasteiger partial charge in [-0.1, -0.05) is 0 Å². The number of aryl methyl sites for hydroxylation is 1. The number of ether oxygens (including phenoxy) is 3. The highest BCUT2D eigenvalue weighted by Crippen LogP contribution is 2.30. The lowest BCUT2D eigenvalue weighted by molar-refractivity contribution is 0.0719. The minimum atomic E-state index is -0.817. The fraction of sp³-hybridized carbons (Fsp3) is 0.400. The fourth-order valence-electron chi connectivity index (χ4n) is 3.17. The van der Waals surface area contributed by atoms with Gasteiger partial charge in [0.05, 0.1) is 31.7 Å². The lowest BCUT2D eigenvalue weighted by atomic mass is 10.2. The van der Waals surface area contributed by atoms with E-state index in [1.165, 1.54) is 19.2 Å². The Hall–Kier alpha value is -3.38. The molecule has 170 valence electrons. The van der Waals surface area contributed by atoms with Crippen LogP contribution >= 0.6 is 0 Å². The number of hydrogen-bond donors (Lipinski definition) is 2. The van der Waals surface area contributed by atoms with Crippen LogP contribution in [0.2, 0.25) is 0 Å². The number of hydrogen-bond acceptors (Lipinski definition) is 9. The van der Waals surface area contributed by atoms with Crippen LogP contribution in [0, 0.1) is 18.6 Å². The zero-order chi connectivity index (χ0) is 22.5. The molecule has 12 heteroatoms. The van der Waals surface area contributed by atoms with Gasteiger partial charge in [-0.3, -0.25) is 10.1 Å². The molecule has 0 spiro atoms. The molecule has 0 bridgehead atoms. The molecule has 1 aliphatic rings. The number of methoxy groups -OCH3 is 1. The highest BCUT2D eigenvalue weighted by Gasteiger charge is 2.26. The average molecular weight is 447 g/mol. The predicted molar refractivity (Wildman–Crippen MR) is 111 cm³/mol. The Morgan fingerprint density at radius 3 is 2.72 bits per heavy atom. The molecular formula is C20H23F2N7O3. The second-order valence-electron chi connectivity index (χ2n) is 7.11. The van der Waals surface area contributed by atoms with E-state index in [9.17, 15) is 4.39 Å². The minimum Gasteiger partial charge on any atom is -0.463 e. The third-order valence-corrected chi connectivity index (χ3v) is 4.71. The first-order chi connectivity index (χ1) is 15.5. The number of H-pyrrole nitrogens is 1. The summed E-state index contributed by atoms with van der Waals surface area (Å²) in [7, 11) is 1.47. The molecule has 3 aromatic heterocycles. The van der Waals surface area contributed by atoms with Gasteiger partial charge in [0.1, 0.15) is 5.82 Å². The van der Waals surface area contributed by atoms with Crippen LogP contribution in [0.5, 0.6) is 5.88 Å². The number of aromatic amines is 1. The fourth-order valence-corrected chi connectivity index (χ4v) is 3.17. The van der Waals surface area contributed by atoms with Gasteiger partial charge in [-0.15, -0.1) is 0 Å². The summed E-state index contributed by atoms with van der Waals surface area (Å²) in [5.41, 5.74) is 1.21. The number of anilines is 3. The van der Waals surface area contributed by atoms with Crippen molar-refractivity contribution in [1.29, 1.82) is 0 Å². The Kier molecular flexibility index (Phi) is 6.71. The molecule has 0 amide bonds. The van der Waals surface area contributed by atoms with E-state index < -0.39 is 17.7 Å². The molecule has 0 radical (unpaired) electrons. The summed E-state index contributed by atoms with van der Waals surface area (Å²) in [6.07, 6.45) is 0.243. The van der Waals surface area contributed by atoms with E-state index in [0.717, 1.165) is 11.9 Å². The van der Waals surface area contributed by atoms with Crippen molar-refractivity contribution in [2.75, 3.05) is 50.2 Å². The van der Waals surface area contributed by atoms with Crippen molar-refractivity contribution in [1.82, 2.24) is 25.1 Å². The van der Waals surface area contributed by atoms with Crippen LogP contribution in [-0.4, -0.2) is 65.2 Å². The van der Waals surface area contributed by atoms with E-state index >= 15 is 4.39 Å². The molecule has 4 rings (SSSR count). The molecule has 1 unspecified atom stereocenters. The molecule has 4 heterocycles. The Morgan fingerprint density at radius 2 is 2.06 bits per heavy atom. The molecule has 0 saturated carbocycles. The van der Waals surface area contributed by atoms with Gasteiger partial charge in [-0.2, -0.15) is 19.5 Å². The summed E-state index contributed by atoms with van der Waals surface area (Å²) in [4.78, 5) is 14.3. The lowest BCUT2D eigenvalue weighted by Crippen LogP contribution is -2.37. The first-order valence-corrected chi connectivity index (χ1v) is 10.00. The normalized spacial score (nSPS) is 14.9. The monoisotopic (exact) mass is 447 g/mol. The first-order valence-electron chi connectivity index (χ1n) is 10.00. The van der Waals surface area contributed by atoms with E-state index in [-0.39, 0.29) is 24.3 Å². The van der Waals surface area contributed by atoms with E-state index in [4.69, 9.17) is 14.2 Å². The third kappa shape index (κ3) is 5.08. The Bertz CT molecular complexity index is 1040. The highest BCUT2D eigenvalue weighted by atomic mass is 19.1. The SMILES string of the molecule is COCC(Oc1nc(Nc2cc(C)[nH]n2)nc(N2CCOCC2)c1F)c1ccc(F)cn1. The van der Waals surface area contributed by atoms with Crippen LogP contribution < -0.4 is 15.0 Å². The molecule has 10 nitrogen and oxygen atoms in total. The first kappa shape index (κ1) is 21.8. The summed E-state index contributed by atoms with van der Waals surface area (Å²) in [6.45, 7) is 3.74. The van der Waals surface area contributed by atoms with Crippen molar-refractivity contribution in [3.05, 3.63) is 47.4 Å². The van der Waals surface area contributed by atoms with Crippen molar-refractivity contribution >= 4 is 17.6 Å². The van der Waals surface area contributed by atoms with Gasteiger partial charge < -0.3 is 24.4 Å². The quantitative estimate of drug-likeness (QED) is 0.538. The van der Waals surface area contributed by atoms with Crippen molar-refractivity contribution in [3.63, 3.8) is 0 Å². The van der Waals surface area contributed by atoms with Gasteiger partial charge in [-0.25, -0.2) is 4.39 Å². The van der Waals surface area contributed by atoms with E-state index in [1.54, 1.807) is 11.0 Å². The maximum Gasteiger partial charge on any atom is 0.258 e. The number of pyridine rings is 1. The Balaban J connectivity index is 1.69. The third-order valence-electron chi connectivity index (χ3n) is 4.71. The van der Waals surface area contributed by atoms with Gasteiger partial charge in [0.15, 0.2) is 17.7 Å². The number of nitrogens with one attached hydrogen (secondary N) is 2. The predicted octanol–water partition coefficient (Wildman–Crippen LogP) is 2.53. The van der Waals surface area contributed by atoms with Gasteiger partial charge >= 0.3 is 0 Å². The molecule has 0 aliphatic carbocycles. The molecule has 32 heavy (non-hydrogen) atoms. The topological polar surface area (TPSA) is 110 Å². The second-order valence-corrected chi connectivity index (χ2v) is 7.11. The van der Waals surface area contributed by atoms with Crippen molar-refractivity contribution < 1.29 is 23.0 Å². The molecular weight excluding hydrogens is 424 g/mol. The van der Waals surface area contributed by atoms with Crippen LogP contribution in [0.3, 0.4) is 0 Å². The van der Waals surface area contributed by atoms with Gasteiger partial charge in [0.25, 0.3) is 5.88 Å². The second kappa shape index (κ2) is 9.83. The molecule has 1 aliphatic heterocycles. The van der Waals surface area contributed by atoms with E-state index in [1.807, 2.05) is 6.92 Å². The maximum atomic E-state index is 15.5. The maximum absolute atomic E-state index is 15.5. The summed E-state index contributed by atoms with van der Waals surface area (Å²) in [5.74, 6) is -0.840. The number of aromatic nitrogens is 5. The minimum absolute atomic E-state index is 0.0519. The standard InChI is InChI=1S/C20H23F2N7O3/c1-12-9-16(28-27-12)24-20-25-18(29-5-7-31-8-6-29)17(22)19(26-20)32-15(11-30-2)14-4-3-13(21)10-23-14/h3-4,9-10,15H,5-8,11H2,1-2H3,(H2,24,25,26,27,28). The zero-order valence-electron chi connectivity index (χ0n) is 17.6. The molecule has 3 aromatic rings. The van der Waals surface area contributed by atoms with Crippen molar-refractivity contribution in [3.8, 4) is 5.88 Å².